The summed E-state index contributed by atoms with van der Waals surface area (Å²) in [6.45, 7) is 4.63. The third-order valence-electron chi connectivity index (χ3n) is 9.25. The zero-order valence-electron chi connectivity index (χ0n) is 15.2. The van der Waals surface area contributed by atoms with Crippen LogP contribution in [-0.2, 0) is 9.59 Å². The van der Waals surface area contributed by atoms with Crippen LogP contribution in [0.15, 0.2) is 0 Å². The second-order valence-corrected chi connectivity index (χ2v) is 9.74. The van der Waals surface area contributed by atoms with Crippen molar-refractivity contribution in [1.82, 2.24) is 0 Å². The first kappa shape index (κ1) is 16.8. The number of hydrogen-bond acceptors (Lipinski definition) is 3. The predicted octanol–water partition coefficient (Wildman–Crippen LogP) is 3.92. The van der Waals surface area contributed by atoms with Crippen LogP contribution in [-0.4, -0.2) is 22.8 Å². The van der Waals surface area contributed by atoms with Crippen LogP contribution in [0.4, 0.5) is 0 Å². The van der Waals surface area contributed by atoms with Gasteiger partial charge in [-0.3, -0.25) is 9.59 Å². The fourth-order valence-corrected chi connectivity index (χ4v) is 7.81. The molecule has 0 bridgehead atoms. The Morgan fingerprint density at radius 1 is 0.958 bits per heavy atom. The number of carbonyl (C=O) groups is 2. The van der Waals surface area contributed by atoms with Crippen LogP contribution in [0.2, 0.25) is 0 Å². The van der Waals surface area contributed by atoms with Crippen molar-refractivity contribution < 1.29 is 14.7 Å². The predicted molar refractivity (Wildman–Crippen MR) is 92.4 cm³/mol. The second-order valence-electron chi connectivity index (χ2n) is 9.74. The van der Waals surface area contributed by atoms with Crippen molar-refractivity contribution in [2.24, 2.45) is 34.5 Å². The van der Waals surface area contributed by atoms with Gasteiger partial charge in [-0.25, -0.2) is 0 Å². The molecule has 134 valence electrons. The largest absolute Gasteiger partial charge is 0.381 e. The molecule has 4 aliphatic rings. The average molecular weight is 332 g/mol. The molecule has 0 aromatic rings. The number of Topliss-reactive ketones (excluding diaryl/α,β-unsaturated/α-hetero) is 1. The number of rotatable bonds is 2. The van der Waals surface area contributed by atoms with Crippen LogP contribution in [0, 0.1) is 34.5 Å². The molecule has 0 saturated heterocycles. The fraction of sp³-hybridized carbons (Fsp3) is 0.905. The van der Waals surface area contributed by atoms with Crippen LogP contribution in [0.1, 0.15) is 78.1 Å². The molecule has 0 spiro atoms. The molecule has 3 nitrogen and oxygen atoms in total. The summed E-state index contributed by atoms with van der Waals surface area (Å²) in [5.41, 5.74) is -1.34. The van der Waals surface area contributed by atoms with Gasteiger partial charge >= 0.3 is 0 Å². The molecule has 0 aromatic carbocycles. The standard InChI is InChI=1S/C21H32O3/c1-19-10-4-3-5-14(19)6-7-15-16(19)8-11-20(2)17(15)9-12-21(20,24)18(23)13-22/h13-17,24H,3-12H2,1-2H3/t14?,15-,16+,17+,19+,20+,21+/m1/s1. The van der Waals surface area contributed by atoms with Crippen LogP contribution < -0.4 is 0 Å². The smallest absolute Gasteiger partial charge is 0.227 e. The third kappa shape index (κ3) is 1.94. The van der Waals surface area contributed by atoms with E-state index in [1.54, 1.807) is 0 Å². The Hall–Kier alpha value is -0.700. The summed E-state index contributed by atoms with van der Waals surface area (Å²) in [5, 5.41) is 11.1. The summed E-state index contributed by atoms with van der Waals surface area (Å²) in [6, 6.07) is 0. The number of aliphatic hydroxyl groups is 1. The van der Waals surface area contributed by atoms with E-state index in [2.05, 4.69) is 13.8 Å². The van der Waals surface area contributed by atoms with Crippen molar-refractivity contribution in [1.29, 1.82) is 0 Å². The molecule has 0 radical (unpaired) electrons. The number of hydrogen-bond donors (Lipinski definition) is 1. The van der Waals surface area contributed by atoms with Crippen LogP contribution >= 0.6 is 0 Å². The van der Waals surface area contributed by atoms with E-state index in [0.29, 0.717) is 30.0 Å². The molecule has 4 saturated carbocycles. The van der Waals surface area contributed by atoms with E-state index in [-0.39, 0.29) is 0 Å². The third-order valence-corrected chi connectivity index (χ3v) is 9.25. The van der Waals surface area contributed by atoms with Crippen molar-refractivity contribution in [3.8, 4) is 0 Å². The Labute approximate surface area is 145 Å². The van der Waals surface area contributed by atoms with E-state index in [4.69, 9.17) is 0 Å². The fourth-order valence-electron chi connectivity index (χ4n) is 7.81. The number of fused-ring (bicyclic) bond motifs is 5. The summed E-state index contributed by atoms with van der Waals surface area (Å²) in [6.07, 6.45) is 11.9. The molecule has 3 heteroatoms. The van der Waals surface area contributed by atoms with Crippen molar-refractivity contribution in [3.05, 3.63) is 0 Å². The molecule has 0 aromatic heterocycles. The molecular formula is C21H32O3. The molecule has 0 amide bonds. The normalized spacial score (nSPS) is 53.6. The Bertz CT molecular complexity index is 557. The van der Waals surface area contributed by atoms with Gasteiger partial charge in [0.05, 0.1) is 0 Å². The molecule has 24 heavy (non-hydrogen) atoms. The average Bonchev–Trinajstić information content (AvgIpc) is 2.86. The minimum Gasteiger partial charge on any atom is -0.381 e. The second kappa shape index (κ2) is 5.40. The van der Waals surface area contributed by atoms with Gasteiger partial charge < -0.3 is 5.11 Å². The molecule has 7 atom stereocenters. The van der Waals surface area contributed by atoms with E-state index >= 15 is 0 Å². The van der Waals surface area contributed by atoms with Gasteiger partial charge in [-0.2, -0.15) is 0 Å². The van der Waals surface area contributed by atoms with E-state index in [9.17, 15) is 14.7 Å². The van der Waals surface area contributed by atoms with Crippen molar-refractivity contribution in [2.75, 3.05) is 0 Å². The summed E-state index contributed by atoms with van der Waals surface area (Å²) >= 11 is 0. The minimum absolute atomic E-state index is 0.360. The molecule has 0 heterocycles. The van der Waals surface area contributed by atoms with Gasteiger partial charge in [-0.1, -0.05) is 26.7 Å². The lowest BCUT2D eigenvalue weighted by Gasteiger charge is -2.61. The first-order valence-corrected chi connectivity index (χ1v) is 10.1. The summed E-state index contributed by atoms with van der Waals surface area (Å²) in [5.74, 6) is 2.10. The van der Waals surface area contributed by atoms with Gasteiger partial charge in [-0.05, 0) is 80.5 Å². The molecule has 0 aliphatic heterocycles. The highest BCUT2D eigenvalue weighted by Crippen LogP contribution is 2.68. The van der Waals surface area contributed by atoms with Crippen molar-refractivity contribution in [3.63, 3.8) is 0 Å². The first-order valence-electron chi connectivity index (χ1n) is 10.1. The monoisotopic (exact) mass is 332 g/mol. The highest BCUT2D eigenvalue weighted by molar-refractivity contribution is 6.29. The van der Waals surface area contributed by atoms with E-state index in [1.165, 1.54) is 38.5 Å². The maximum absolute atomic E-state index is 12.2. The quantitative estimate of drug-likeness (QED) is 0.616. The van der Waals surface area contributed by atoms with E-state index in [1.807, 2.05) is 0 Å². The first-order chi connectivity index (χ1) is 11.4. The lowest BCUT2D eigenvalue weighted by molar-refractivity contribution is -0.169. The van der Waals surface area contributed by atoms with E-state index < -0.39 is 16.8 Å². The number of ketones is 1. The van der Waals surface area contributed by atoms with Crippen LogP contribution in [0.25, 0.3) is 0 Å². The molecule has 4 fully saturated rings. The minimum atomic E-state index is -1.41. The molecule has 4 rings (SSSR count). The van der Waals surface area contributed by atoms with E-state index in [0.717, 1.165) is 31.1 Å². The zero-order chi connectivity index (χ0) is 17.2. The molecular weight excluding hydrogens is 300 g/mol. The van der Waals surface area contributed by atoms with Gasteiger partial charge in [0, 0.05) is 5.41 Å². The van der Waals surface area contributed by atoms with Gasteiger partial charge in [0.15, 0.2) is 6.29 Å². The Morgan fingerprint density at radius 2 is 1.71 bits per heavy atom. The van der Waals surface area contributed by atoms with Crippen LogP contribution in [0.3, 0.4) is 0 Å². The Balaban J connectivity index is 1.66. The highest BCUT2D eigenvalue weighted by atomic mass is 16.3. The lowest BCUT2D eigenvalue weighted by atomic mass is 9.44. The number of carbonyl (C=O) groups excluding carboxylic acids is 2. The maximum atomic E-state index is 12.2. The lowest BCUT2D eigenvalue weighted by Crippen LogP contribution is -2.58. The van der Waals surface area contributed by atoms with Crippen molar-refractivity contribution >= 4 is 12.1 Å². The summed E-state index contributed by atoms with van der Waals surface area (Å²) in [4.78, 5) is 23.4. The Morgan fingerprint density at radius 3 is 2.46 bits per heavy atom. The van der Waals surface area contributed by atoms with Crippen LogP contribution in [0.5, 0.6) is 0 Å². The molecule has 4 aliphatic carbocycles. The van der Waals surface area contributed by atoms with Gasteiger partial charge in [0.1, 0.15) is 5.60 Å². The SMILES string of the molecule is C[C@]12CCCCC1CC[C@@H]1[C@@H]2CC[C@@]2(C)[C@H]1CC[C@]2(O)C(=O)C=O. The molecule has 1 N–H and O–H groups in total. The zero-order valence-corrected chi connectivity index (χ0v) is 15.2. The van der Waals surface area contributed by atoms with Crippen molar-refractivity contribution in [2.45, 2.75) is 83.7 Å². The Kier molecular flexibility index (Phi) is 3.77. The van der Waals surface area contributed by atoms with Gasteiger partial charge in [0.2, 0.25) is 5.78 Å². The van der Waals surface area contributed by atoms with Gasteiger partial charge in [-0.15, -0.1) is 0 Å². The highest BCUT2D eigenvalue weighted by Gasteiger charge is 2.66. The summed E-state index contributed by atoms with van der Waals surface area (Å²) < 4.78 is 0. The number of aldehydes is 1. The topological polar surface area (TPSA) is 54.4 Å². The molecule has 1 unspecified atom stereocenters. The maximum Gasteiger partial charge on any atom is 0.227 e. The van der Waals surface area contributed by atoms with Gasteiger partial charge in [0.25, 0.3) is 0 Å². The summed E-state index contributed by atoms with van der Waals surface area (Å²) in [7, 11) is 0.